The zero-order valence-electron chi connectivity index (χ0n) is 5.79. The van der Waals surface area contributed by atoms with E-state index in [1.165, 1.54) is 6.08 Å². The van der Waals surface area contributed by atoms with Crippen molar-refractivity contribution in [3.8, 4) is 0 Å². The van der Waals surface area contributed by atoms with Crippen LogP contribution in [-0.2, 0) is 0 Å². The lowest BCUT2D eigenvalue weighted by molar-refractivity contribution is 0.299. The summed E-state index contributed by atoms with van der Waals surface area (Å²) in [6.07, 6.45) is 1.55. The number of aliphatic hydroxyl groups is 3. The molecule has 1 rings (SSSR count). The molecule has 0 saturated heterocycles. The van der Waals surface area contributed by atoms with Gasteiger partial charge in [0, 0.05) is 12.0 Å². The number of alkyl halides is 1. The average molecular weight is 177 g/mol. The lowest BCUT2D eigenvalue weighted by atomic mass is 10.0. The summed E-state index contributed by atoms with van der Waals surface area (Å²) in [6.45, 7) is -0.306. The Hall–Kier alpha value is -0.670. The lowest BCUT2D eigenvalue weighted by Crippen LogP contribution is -2.13. The maximum absolute atomic E-state index is 9.19. The van der Waals surface area contributed by atoms with Crippen molar-refractivity contribution < 1.29 is 15.3 Å². The third-order valence-corrected chi connectivity index (χ3v) is 1.89. The summed E-state index contributed by atoms with van der Waals surface area (Å²) in [7, 11) is 0. The van der Waals surface area contributed by atoms with Gasteiger partial charge in [-0.25, -0.2) is 0 Å². The van der Waals surface area contributed by atoms with Gasteiger partial charge < -0.3 is 15.3 Å². The predicted molar refractivity (Wildman–Crippen MR) is 41.7 cm³/mol. The maximum Gasteiger partial charge on any atom is 0.116 e. The van der Waals surface area contributed by atoms with E-state index in [4.69, 9.17) is 21.8 Å². The van der Waals surface area contributed by atoms with E-state index < -0.39 is 5.38 Å². The molecular weight excluding hydrogens is 168 g/mol. The number of rotatable bonds is 1. The number of allylic oxidation sites excluding steroid dienone is 2. The van der Waals surface area contributed by atoms with Crippen LogP contribution in [0.5, 0.6) is 0 Å². The van der Waals surface area contributed by atoms with Crippen molar-refractivity contribution in [2.24, 2.45) is 0 Å². The van der Waals surface area contributed by atoms with Crippen LogP contribution >= 0.6 is 11.6 Å². The van der Waals surface area contributed by atoms with Gasteiger partial charge in [0.2, 0.25) is 0 Å². The van der Waals surface area contributed by atoms with Crippen LogP contribution in [0.2, 0.25) is 0 Å². The SMILES string of the molecule is OCC1=C(O)[C@H](Cl)CC(O)=C1. The molecule has 0 radical (unpaired) electrons. The van der Waals surface area contributed by atoms with Crippen LogP contribution in [0.4, 0.5) is 0 Å². The summed E-state index contributed by atoms with van der Waals surface area (Å²) in [4.78, 5) is 0. The second-order valence-corrected chi connectivity index (χ2v) is 2.90. The molecule has 1 aliphatic carbocycles. The van der Waals surface area contributed by atoms with Crippen molar-refractivity contribution >= 4 is 11.6 Å². The van der Waals surface area contributed by atoms with E-state index in [0.29, 0.717) is 0 Å². The first-order valence-electron chi connectivity index (χ1n) is 3.21. The largest absolute Gasteiger partial charge is 0.512 e. The van der Waals surface area contributed by atoms with Gasteiger partial charge in [-0.05, 0) is 6.08 Å². The van der Waals surface area contributed by atoms with E-state index in [0.717, 1.165) is 0 Å². The van der Waals surface area contributed by atoms with E-state index in [1.807, 2.05) is 0 Å². The second-order valence-electron chi connectivity index (χ2n) is 2.38. The summed E-state index contributed by atoms with van der Waals surface area (Å²) in [5.41, 5.74) is 0.286. The first-order chi connectivity index (χ1) is 5.15. The highest BCUT2D eigenvalue weighted by Crippen LogP contribution is 2.24. The minimum absolute atomic E-state index is 0.0491. The first kappa shape index (κ1) is 8.43. The molecule has 62 valence electrons. The quantitative estimate of drug-likeness (QED) is 0.527. The normalized spacial score (nSPS) is 25.3. The molecule has 0 fully saturated rings. The Morgan fingerprint density at radius 2 is 2.18 bits per heavy atom. The molecule has 0 aromatic carbocycles. The minimum Gasteiger partial charge on any atom is -0.512 e. The molecule has 3 N–H and O–H groups in total. The third kappa shape index (κ3) is 1.67. The monoisotopic (exact) mass is 176 g/mol. The van der Waals surface area contributed by atoms with E-state index in [9.17, 15) is 5.11 Å². The molecule has 1 aliphatic rings. The van der Waals surface area contributed by atoms with Crippen molar-refractivity contribution in [1.82, 2.24) is 0 Å². The second kappa shape index (κ2) is 3.15. The predicted octanol–water partition coefficient (Wildman–Crippen LogP) is 1.24. The zero-order chi connectivity index (χ0) is 8.43. The van der Waals surface area contributed by atoms with Crippen LogP contribution in [0.3, 0.4) is 0 Å². The van der Waals surface area contributed by atoms with Crippen LogP contribution in [0.25, 0.3) is 0 Å². The van der Waals surface area contributed by atoms with Crippen LogP contribution < -0.4 is 0 Å². The Morgan fingerprint density at radius 1 is 1.55 bits per heavy atom. The third-order valence-electron chi connectivity index (χ3n) is 1.53. The molecule has 11 heavy (non-hydrogen) atoms. The Kier molecular flexibility index (Phi) is 2.42. The molecule has 0 amide bonds. The van der Waals surface area contributed by atoms with Crippen molar-refractivity contribution in [3.05, 3.63) is 23.2 Å². The zero-order valence-corrected chi connectivity index (χ0v) is 6.54. The summed E-state index contributed by atoms with van der Waals surface area (Å²) in [5, 5.41) is 26.3. The molecule has 0 heterocycles. The molecular formula is C7H9ClO3. The highest BCUT2D eigenvalue weighted by molar-refractivity contribution is 6.22. The van der Waals surface area contributed by atoms with E-state index in [-0.39, 0.29) is 30.1 Å². The Morgan fingerprint density at radius 3 is 2.73 bits per heavy atom. The fourth-order valence-corrected chi connectivity index (χ4v) is 1.24. The molecule has 4 heteroatoms. The molecule has 0 bridgehead atoms. The Bertz CT molecular complexity index is 220. The van der Waals surface area contributed by atoms with E-state index in [1.54, 1.807) is 0 Å². The summed E-state index contributed by atoms with van der Waals surface area (Å²) in [5.74, 6) is 0.0406. The highest BCUT2D eigenvalue weighted by Gasteiger charge is 2.20. The van der Waals surface area contributed by atoms with Crippen molar-refractivity contribution in [2.75, 3.05) is 6.61 Å². The van der Waals surface area contributed by atoms with Crippen LogP contribution in [0, 0.1) is 0 Å². The Balaban J connectivity index is 2.92. The van der Waals surface area contributed by atoms with Crippen molar-refractivity contribution in [2.45, 2.75) is 11.8 Å². The summed E-state index contributed by atoms with van der Waals surface area (Å²) >= 11 is 5.62. The van der Waals surface area contributed by atoms with Gasteiger partial charge in [0.25, 0.3) is 0 Å². The van der Waals surface area contributed by atoms with Crippen LogP contribution in [0.1, 0.15) is 6.42 Å². The smallest absolute Gasteiger partial charge is 0.116 e. The Labute approximate surface area is 69.2 Å². The topological polar surface area (TPSA) is 60.7 Å². The van der Waals surface area contributed by atoms with Crippen molar-refractivity contribution in [1.29, 1.82) is 0 Å². The number of hydrogen-bond donors (Lipinski definition) is 3. The van der Waals surface area contributed by atoms with Gasteiger partial charge in [0.05, 0.1) is 17.7 Å². The fourth-order valence-electron chi connectivity index (χ4n) is 0.942. The fraction of sp³-hybridized carbons (Fsp3) is 0.429. The van der Waals surface area contributed by atoms with Gasteiger partial charge in [-0.3, -0.25) is 0 Å². The van der Waals surface area contributed by atoms with Gasteiger partial charge in [0.15, 0.2) is 0 Å². The summed E-state index contributed by atoms with van der Waals surface area (Å²) in [6, 6.07) is 0. The molecule has 0 aromatic heterocycles. The number of aliphatic hydroxyl groups excluding tert-OH is 3. The van der Waals surface area contributed by atoms with Crippen molar-refractivity contribution in [3.63, 3.8) is 0 Å². The molecule has 0 unspecified atom stereocenters. The first-order valence-corrected chi connectivity index (χ1v) is 3.65. The molecule has 0 saturated carbocycles. The molecule has 0 spiro atoms. The van der Waals surface area contributed by atoms with Crippen LogP contribution in [0.15, 0.2) is 23.2 Å². The molecule has 1 atom stereocenters. The van der Waals surface area contributed by atoms with Gasteiger partial charge in [-0.15, -0.1) is 11.6 Å². The lowest BCUT2D eigenvalue weighted by Gasteiger charge is -2.16. The van der Waals surface area contributed by atoms with Gasteiger partial charge >= 0.3 is 0 Å². The van der Waals surface area contributed by atoms with Gasteiger partial charge in [-0.1, -0.05) is 0 Å². The highest BCUT2D eigenvalue weighted by atomic mass is 35.5. The molecule has 0 aliphatic heterocycles. The molecule has 3 nitrogen and oxygen atoms in total. The number of hydrogen-bond acceptors (Lipinski definition) is 3. The standard InChI is InChI=1S/C7H9ClO3/c8-6-2-5(10)1-4(3-9)7(6)11/h1,6,9-11H,2-3H2/t6-/m1/s1. The summed E-state index contributed by atoms with van der Waals surface area (Å²) < 4.78 is 0. The molecule has 0 aromatic rings. The van der Waals surface area contributed by atoms with E-state index in [2.05, 4.69) is 0 Å². The van der Waals surface area contributed by atoms with Gasteiger partial charge in [-0.2, -0.15) is 0 Å². The number of halogens is 1. The van der Waals surface area contributed by atoms with Crippen LogP contribution in [-0.4, -0.2) is 27.3 Å². The average Bonchev–Trinajstić information content (AvgIpc) is 1.96. The maximum atomic E-state index is 9.19. The van der Waals surface area contributed by atoms with E-state index >= 15 is 0 Å². The van der Waals surface area contributed by atoms with Gasteiger partial charge in [0.1, 0.15) is 5.76 Å². The minimum atomic E-state index is -0.609.